The molecule has 0 saturated heterocycles. The molecule has 1 saturated carbocycles. The molecule has 1 aliphatic carbocycles. The Balaban J connectivity index is 1.86. The summed E-state index contributed by atoms with van der Waals surface area (Å²) in [5.41, 5.74) is 6.80. The molecule has 0 spiro atoms. The Morgan fingerprint density at radius 3 is 2.90 bits per heavy atom. The molecule has 0 radical (unpaired) electrons. The van der Waals surface area contributed by atoms with E-state index in [0.717, 1.165) is 30.7 Å². The fourth-order valence-electron chi connectivity index (χ4n) is 2.70. The van der Waals surface area contributed by atoms with Gasteiger partial charge in [0.05, 0.1) is 6.61 Å². The molecule has 1 aromatic carbocycles. The van der Waals surface area contributed by atoms with E-state index in [2.05, 4.69) is 19.2 Å². The molecule has 1 aromatic rings. The number of anilines is 1. The van der Waals surface area contributed by atoms with Crippen LogP contribution in [0, 0.1) is 11.8 Å². The first-order valence-electron chi connectivity index (χ1n) is 7.83. The van der Waals surface area contributed by atoms with Crippen LogP contribution in [0.15, 0.2) is 24.3 Å². The Hall–Kier alpha value is -1.55. The molecule has 1 fully saturated rings. The highest BCUT2D eigenvalue weighted by Gasteiger charge is 2.25. The van der Waals surface area contributed by atoms with Crippen molar-refractivity contribution in [2.45, 2.75) is 45.6 Å². The molecule has 4 nitrogen and oxygen atoms in total. The van der Waals surface area contributed by atoms with Crippen molar-refractivity contribution < 1.29 is 9.53 Å². The fraction of sp³-hybridized carbons (Fsp3) is 0.588. The monoisotopic (exact) mass is 290 g/mol. The Morgan fingerprint density at radius 2 is 2.24 bits per heavy atom. The van der Waals surface area contributed by atoms with Crippen LogP contribution in [0.25, 0.3) is 0 Å². The number of benzene rings is 1. The summed E-state index contributed by atoms with van der Waals surface area (Å²) in [7, 11) is 0. The van der Waals surface area contributed by atoms with E-state index in [1.54, 1.807) is 0 Å². The largest absolute Gasteiger partial charge is 0.493 e. The zero-order chi connectivity index (χ0) is 15.2. The van der Waals surface area contributed by atoms with E-state index in [9.17, 15) is 4.79 Å². The Labute approximate surface area is 127 Å². The molecule has 0 aromatic heterocycles. The number of hydrogen-bond donors (Lipinski definition) is 2. The van der Waals surface area contributed by atoms with Gasteiger partial charge in [0.25, 0.3) is 0 Å². The van der Waals surface area contributed by atoms with Crippen LogP contribution in [-0.4, -0.2) is 18.6 Å². The highest BCUT2D eigenvalue weighted by Crippen LogP contribution is 2.27. The molecule has 1 amide bonds. The average molecular weight is 290 g/mol. The maximum Gasteiger partial charge on any atom is 0.224 e. The van der Waals surface area contributed by atoms with Crippen LogP contribution in [0.1, 0.15) is 39.5 Å². The number of carbonyl (C=O) groups excluding carboxylic acids is 1. The number of rotatable bonds is 6. The van der Waals surface area contributed by atoms with Crippen LogP contribution in [0.2, 0.25) is 0 Å². The van der Waals surface area contributed by atoms with Crippen LogP contribution < -0.4 is 15.8 Å². The van der Waals surface area contributed by atoms with Crippen molar-refractivity contribution in [3.63, 3.8) is 0 Å². The highest BCUT2D eigenvalue weighted by atomic mass is 16.5. The predicted octanol–water partition coefficient (Wildman–Crippen LogP) is 3.18. The van der Waals surface area contributed by atoms with Gasteiger partial charge in [-0.1, -0.05) is 26.3 Å². The molecule has 0 heterocycles. The first-order valence-corrected chi connectivity index (χ1v) is 7.83. The molecule has 2 atom stereocenters. The van der Waals surface area contributed by atoms with Gasteiger partial charge < -0.3 is 15.8 Å². The van der Waals surface area contributed by atoms with Gasteiger partial charge in [0, 0.05) is 24.2 Å². The zero-order valence-corrected chi connectivity index (χ0v) is 13.0. The lowest BCUT2D eigenvalue weighted by atomic mass is 10.00. The highest BCUT2D eigenvalue weighted by molar-refractivity contribution is 5.91. The molecule has 116 valence electrons. The van der Waals surface area contributed by atoms with Crippen LogP contribution in [0.5, 0.6) is 5.75 Å². The molecule has 4 heteroatoms. The van der Waals surface area contributed by atoms with E-state index in [4.69, 9.17) is 10.5 Å². The molecule has 21 heavy (non-hydrogen) atoms. The van der Waals surface area contributed by atoms with Gasteiger partial charge in [0.2, 0.25) is 5.91 Å². The van der Waals surface area contributed by atoms with Crippen molar-refractivity contribution in [2.24, 2.45) is 17.6 Å². The van der Waals surface area contributed by atoms with Gasteiger partial charge in [-0.05, 0) is 36.8 Å². The number of carbonyl (C=O) groups is 1. The summed E-state index contributed by atoms with van der Waals surface area (Å²) in [5, 5.41) is 2.94. The SMILES string of the molecule is CC(C)COc1cccc(NC(=O)C[C@@H]2CCC[C@H]2N)c1. The van der Waals surface area contributed by atoms with Gasteiger partial charge in [0.15, 0.2) is 0 Å². The third kappa shape index (κ3) is 5.05. The Bertz CT molecular complexity index is 474. The molecule has 0 unspecified atom stereocenters. The van der Waals surface area contributed by atoms with Gasteiger partial charge >= 0.3 is 0 Å². The maximum absolute atomic E-state index is 12.1. The quantitative estimate of drug-likeness (QED) is 0.845. The normalized spacial score (nSPS) is 21.5. The maximum atomic E-state index is 12.1. The summed E-state index contributed by atoms with van der Waals surface area (Å²) in [4.78, 5) is 12.1. The summed E-state index contributed by atoms with van der Waals surface area (Å²) >= 11 is 0. The number of nitrogens with two attached hydrogens (primary N) is 1. The van der Waals surface area contributed by atoms with E-state index in [0.29, 0.717) is 24.9 Å². The summed E-state index contributed by atoms with van der Waals surface area (Å²) in [6.07, 6.45) is 3.75. The second kappa shape index (κ2) is 7.46. The van der Waals surface area contributed by atoms with Crippen LogP contribution in [-0.2, 0) is 4.79 Å². The minimum Gasteiger partial charge on any atom is -0.493 e. The van der Waals surface area contributed by atoms with Crippen molar-refractivity contribution >= 4 is 11.6 Å². The smallest absolute Gasteiger partial charge is 0.224 e. The second-order valence-electron chi connectivity index (χ2n) is 6.34. The minimum atomic E-state index is 0.0401. The minimum absolute atomic E-state index is 0.0401. The molecule has 2 rings (SSSR count). The van der Waals surface area contributed by atoms with Gasteiger partial charge in [-0.25, -0.2) is 0 Å². The first kappa shape index (κ1) is 15.8. The van der Waals surface area contributed by atoms with E-state index < -0.39 is 0 Å². The number of amides is 1. The van der Waals surface area contributed by atoms with Crippen molar-refractivity contribution in [3.05, 3.63) is 24.3 Å². The van der Waals surface area contributed by atoms with E-state index in [1.165, 1.54) is 0 Å². The number of hydrogen-bond acceptors (Lipinski definition) is 3. The van der Waals surface area contributed by atoms with Gasteiger partial charge in [-0.15, -0.1) is 0 Å². The van der Waals surface area contributed by atoms with E-state index in [1.807, 2.05) is 24.3 Å². The van der Waals surface area contributed by atoms with Crippen LogP contribution in [0.4, 0.5) is 5.69 Å². The third-order valence-corrected chi connectivity index (χ3v) is 3.87. The summed E-state index contributed by atoms with van der Waals surface area (Å²) < 4.78 is 5.67. The lowest BCUT2D eigenvalue weighted by Gasteiger charge is -2.15. The van der Waals surface area contributed by atoms with Gasteiger partial charge in [-0.3, -0.25) is 4.79 Å². The summed E-state index contributed by atoms with van der Waals surface area (Å²) in [6, 6.07) is 7.73. The molecule has 0 bridgehead atoms. The van der Waals surface area contributed by atoms with Crippen molar-refractivity contribution in [1.82, 2.24) is 0 Å². The van der Waals surface area contributed by atoms with E-state index >= 15 is 0 Å². The van der Waals surface area contributed by atoms with E-state index in [-0.39, 0.29) is 11.9 Å². The average Bonchev–Trinajstić information content (AvgIpc) is 2.82. The second-order valence-corrected chi connectivity index (χ2v) is 6.34. The molecular formula is C17H26N2O2. The summed E-state index contributed by atoms with van der Waals surface area (Å²) in [6.45, 7) is 4.89. The molecule has 3 N–H and O–H groups in total. The third-order valence-electron chi connectivity index (χ3n) is 3.87. The number of ether oxygens (including phenoxy) is 1. The lowest BCUT2D eigenvalue weighted by Crippen LogP contribution is -2.28. The first-order chi connectivity index (χ1) is 10.0. The van der Waals surface area contributed by atoms with Crippen molar-refractivity contribution in [3.8, 4) is 5.75 Å². The van der Waals surface area contributed by atoms with Crippen LogP contribution >= 0.6 is 0 Å². The fourth-order valence-corrected chi connectivity index (χ4v) is 2.70. The zero-order valence-electron chi connectivity index (χ0n) is 13.0. The topological polar surface area (TPSA) is 64.3 Å². The summed E-state index contributed by atoms with van der Waals surface area (Å²) in [5.74, 6) is 1.63. The Morgan fingerprint density at radius 1 is 1.43 bits per heavy atom. The van der Waals surface area contributed by atoms with Crippen LogP contribution in [0.3, 0.4) is 0 Å². The van der Waals surface area contributed by atoms with Gasteiger partial charge in [-0.2, -0.15) is 0 Å². The van der Waals surface area contributed by atoms with Crippen molar-refractivity contribution in [1.29, 1.82) is 0 Å². The predicted molar refractivity (Wildman–Crippen MR) is 85.3 cm³/mol. The number of nitrogens with one attached hydrogen (secondary N) is 1. The molecular weight excluding hydrogens is 264 g/mol. The molecule has 0 aliphatic heterocycles. The molecule has 1 aliphatic rings. The van der Waals surface area contributed by atoms with Gasteiger partial charge in [0.1, 0.15) is 5.75 Å². The Kier molecular flexibility index (Phi) is 5.62. The lowest BCUT2D eigenvalue weighted by molar-refractivity contribution is -0.117. The van der Waals surface area contributed by atoms with Crippen molar-refractivity contribution in [2.75, 3.05) is 11.9 Å². The standard InChI is InChI=1S/C17H26N2O2/c1-12(2)11-21-15-7-4-6-14(10-15)19-17(20)9-13-5-3-8-16(13)18/h4,6-7,10,12-13,16H,3,5,8-9,11,18H2,1-2H3,(H,19,20)/t13-,16+/m0/s1.